The number of nitrogens with zero attached hydrogens (tertiary/aromatic N) is 2. The third-order valence-electron chi connectivity index (χ3n) is 2.30. The van der Waals surface area contributed by atoms with Crippen molar-refractivity contribution in [2.45, 2.75) is 11.0 Å². The second-order valence-corrected chi connectivity index (χ2v) is 5.22. The first-order valence-corrected chi connectivity index (χ1v) is 6.57. The van der Waals surface area contributed by atoms with Gasteiger partial charge in [-0.15, -0.1) is 11.8 Å². The molecule has 0 amide bonds. The summed E-state index contributed by atoms with van der Waals surface area (Å²) >= 11 is 7.39. The van der Waals surface area contributed by atoms with E-state index in [1.807, 2.05) is 43.6 Å². The van der Waals surface area contributed by atoms with Gasteiger partial charge in [-0.25, -0.2) is 0 Å². The second-order valence-electron chi connectivity index (χ2n) is 3.69. The molecule has 0 bridgehead atoms. The van der Waals surface area contributed by atoms with Gasteiger partial charge in [-0.3, -0.25) is 4.68 Å². The van der Waals surface area contributed by atoms with Crippen LogP contribution in [0.25, 0.3) is 0 Å². The summed E-state index contributed by atoms with van der Waals surface area (Å²) in [4.78, 5) is 1.09. The first kappa shape index (κ1) is 12.5. The summed E-state index contributed by atoms with van der Waals surface area (Å²) in [5.41, 5.74) is 0.703. The fraction of sp³-hybridized carbons (Fsp3) is 0.250. The number of aliphatic hydroxyl groups is 1. The molecule has 3 nitrogen and oxygen atoms in total. The van der Waals surface area contributed by atoms with E-state index in [0.717, 1.165) is 9.92 Å². The van der Waals surface area contributed by atoms with Gasteiger partial charge in [0.1, 0.15) is 6.10 Å². The van der Waals surface area contributed by atoms with Crippen LogP contribution in [0, 0.1) is 0 Å². The van der Waals surface area contributed by atoms with E-state index in [1.165, 1.54) is 0 Å². The highest BCUT2D eigenvalue weighted by Gasteiger charge is 2.10. The van der Waals surface area contributed by atoms with Crippen LogP contribution >= 0.6 is 23.4 Å². The van der Waals surface area contributed by atoms with Crippen molar-refractivity contribution < 1.29 is 5.11 Å². The molecule has 1 atom stereocenters. The molecule has 0 saturated heterocycles. The van der Waals surface area contributed by atoms with E-state index in [4.69, 9.17) is 11.6 Å². The van der Waals surface area contributed by atoms with Crippen molar-refractivity contribution in [2.24, 2.45) is 7.05 Å². The Morgan fingerprint density at radius 1 is 1.35 bits per heavy atom. The van der Waals surface area contributed by atoms with Crippen LogP contribution in [0.5, 0.6) is 0 Å². The summed E-state index contributed by atoms with van der Waals surface area (Å²) in [5, 5.41) is 14.8. The smallest absolute Gasteiger partial charge is 0.107 e. The van der Waals surface area contributed by atoms with Crippen molar-refractivity contribution in [1.82, 2.24) is 9.78 Å². The summed E-state index contributed by atoms with van der Waals surface area (Å²) in [6, 6.07) is 9.40. The average Bonchev–Trinajstić information content (AvgIpc) is 2.75. The number of aryl methyl sites for hydroxylation is 1. The van der Waals surface area contributed by atoms with Crippen molar-refractivity contribution in [3.8, 4) is 0 Å². The van der Waals surface area contributed by atoms with Gasteiger partial charge in [-0.2, -0.15) is 5.10 Å². The van der Waals surface area contributed by atoms with Crippen LogP contribution in [0.1, 0.15) is 11.8 Å². The molecule has 5 heteroatoms. The Hall–Kier alpha value is -0.970. The molecule has 0 fully saturated rings. The second kappa shape index (κ2) is 5.58. The molecule has 1 N–H and O–H groups in total. The summed E-state index contributed by atoms with van der Waals surface area (Å²) < 4.78 is 1.69. The Bertz CT molecular complexity index is 484. The van der Waals surface area contributed by atoms with Gasteiger partial charge in [0.15, 0.2) is 0 Å². The number of benzene rings is 1. The lowest BCUT2D eigenvalue weighted by Gasteiger charge is -2.07. The van der Waals surface area contributed by atoms with Crippen molar-refractivity contribution in [1.29, 1.82) is 0 Å². The Morgan fingerprint density at radius 2 is 2.06 bits per heavy atom. The molecular formula is C12H13ClN2OS. The Morgan fingerprint density at radius 3 is 2.65 bits per heavy atom. The first-order chi connectivity index (χ1) is 8.15. The molecule has 0 radical (unpaired) electrons. The van der Waals surface area contributed by atoms with Crippen molar-refractivity contribution >= 4 is 23.4 Å². The fourth-order valence-electron chi connectivity index (χ4n) is 1.40. The van der Waals surface area contributed by atoms with Crippen LogP contribution in [0.3, 0.4) is 0 Å². The number of aromatic nitrogens is 2. The third-order valence-corrected chi connectivity index (χ3v) is 3.64. The number of halogens is 1. The predicted octanol–water partition coefficient (Wildman–Crippen LogP) is 2.90. The van der Waals surface area contributed by atoms with Gasteiger partial charge >= 0.3 is 0 Å². The molecule has 1 aromatic carbocycles. The lowest BCUT2D eigenvalue weighted by Crippen LogP contribution is -2.02. The number of hydrogen-bond donors (Lipinski definition) is 1. The molecule has 0 aliphatic heterocycles. The average molecular weight is 269 g/mol. The minimum Gasteiger partial charge on any atom is -0.386 e. The summed E-state index contributed by atoms with van der Waals surface area (Å²) in [7, 11) is 1.84. The SMILES string of the molecule is Cn1ccc(C(O)CSc2ccc(Cl)cc2)n1. The van der Waals surface area contributed by atoms with Crippen molar-refractivity contribution in [3.63, 3.8) is 0 Å². The zero-order chi connectivity index (χ0) is 12.3. The van der Waals surface area contributed by atoms with E-state index in [0.29, 0.717) is 11.4 Å². The maximum atomic E-state index is 9.93. The molecule has 0 spiro atoms. The van der Waals surface area contributed by atoms with E-state index >= 15 is 0 Å². The maximum Gasteiger partial charge on any atom is 0.107 e. The highest BCUT2D eigenvalue weighted by Crippen LogP contribution is 2.25. The van der Waals surface area contributed by atoms with Crippen molar-refractivity contribution in [2.75, 3.05) is 5.75 Å². The number of rotatable bonds is 4. The van der Waals surface area contributed by atoms with E-state index < -0.39 is 6.10 Å². The molecule has 17 heavy (non-hydrogen) atoms. The van der Waals surface area contributed by atoms with Crippen LogP contribution in [-0.2, 0) is 7.05 Å². The van der Waals surface area contributed by atoms with E-state index in [1.54, 1.807) is 16.4 Å². The van der Waals surface area contributed by atoms with Gasteiger partial charge in [0.2, 0.25) is 0 Å². The molecule has 0 aliphatic rings. The van der Waals surface area contributed by atoms with Crippen LogP contribution in [0.2, 0.25) is 5.02 Å². The van der Waals surface area contributed by atoms with Crippen LogP contribution in [0.15, 0.2) is 41.4 Å². The third kappa shape index (κ3) is 3.49. The molecule has 0 aliphatic carbocycles. The minimum absolute atomic E-state index is 0.545. The predicted molar refractivity (Wildman–Crippen MR) is 70.3 cm³/mol. The van der Waals surface area contributed by atoms with Gasteiger partial charge in [0.25, 0.3) is 0 Å². The van der Waals surface area contributed by atoms with E-state index in [9.17, 15) is 5.11 Å². The van der Waals surface area contributed by atoms with E-state index in [2.05, 4.69) is 5.10 Å². The summed E-state index contributed by atoms with van der Waals surface area (Å²) in [6.07, 6.45) is 1.28. The normalized spacial score (nSPS) is 12.6. The van der Waals surface area contributed by atoms with Crippen LogP contribution < -0.4 is 0 Å². The molecule has 1 heterocycles. The van der Waals surface area contributed by atoms with Gasteiger partial charge in [-0.05, 0) is 30.3 Å². The topological polar surface area (TPSA) is 38.0 Å². The van der Waals surface area contributed by atoms with Gasteiger partial charge in [-0.1, -0.05) is 11.6 Å². The maximum absolute atomic E-state index is 9.93. The summed E-state index contributed by atoms with van der Waals surface area (Å²) in [6.45, 7) is 0. The van der Waals surface area contributed by atoms with Crippen LogP contribution in [0.4, 0.5) is 0 Å². The molecule has 2 rings (SSSR count). The minimum atomic E-state index is -0.545. The lowest BCUT2D eigenvalue weighted by atomic mass is 10.3. The van der Waals surface area contributed by atoms with Crippen LogP contribution in [-0.4, -0.2) is 20.6 Å². The molecule has 1 aromatic heterocycles. The highest BCUT2D eigenvalue weighted by atomic mass is 35.5. The molecule has 90 valence electrons. The zero-order valence-electron chi connectivity index (χ0n) is 9.38. The molecular weight excluding hydrogens is 256 g/mol. The number of hydrogen-bond acceptors (Lipinski definition) is 3. The Balaban J connectivity index is 1.92. The van der Waals surface area contributed by atoms with Gasteiger partial charge < -0.3 is 5.11 Å². The van der Waals surface area contributed by atoms with Gasteiger partial charge in [0, 0.05) is 28.9 Å². The van der Waals surface area contributed by atoms with Gasteiger partial charge in [0.05, 0.1) is 5.69 Å². The standard InChI is InChI=1S/C12H13ClN2OS/c1-15-7-6-11(14-15)12(16)8-17-10-4-2-9(13)3-5-10/h2-7,12,16H,8H2,1H3. The number of aliphatic hydroxyl groups excluding tert-OH is 1. The molecule has 1 unspecified atom stereocenters. The zero-order valence-corrected chi connectivity index (χ0v) is 10.9. The van der Waals surface area contributed by atoms with E-state index in [-0.39, 0.29) is 0 Å². The summed E-state index contributed by atoms with van der Waals surface area (Å²) in [5.74, 6) is 0.582. The molecule has 2 aromatic rings. The quantitative estimate of drug-likeness (QED) is 0.867. The largest absolute Gasteiger partial charge is 0.386 e. The fourth-order valence-corrected chi connectivity index (χ4v) is 2.38. The highest BCUT2D eigenvalue weighted by molar-refractivity contribution is 7.99. The lowest BCUT2D eigenvalue weighted by molar-refractivity contribution is 0.198. The number of thioether (sulfide) groups is 1. The molecule has 0 saturated carbocycles. The monoisotopic (exact) mass is 268 g/mol. The first-order valence-electron chi connectivity index (χ1n) is 5.21. The Labute approximate surface area is 109 Å². The Kier molecular flexibility index (Phi) is 4.10. The van der Waals surface area contributed by atoms with Crippen molar-refractivity contribution in [3.05, 3.63) is 47.2 Å².